The third-order valence-electron chi connectivity index (χ3n) is 0.305. The van der Waals surface area contributed by atoms with Crippen LogP contribution >= 0.6 is 15.9 Å². The Kier molecular flexibility index (Phi) is 8.78. The van der Waals surface area contributed by atoms with Gasteiger partial charge in [0.25, 0.3) is 0 Å². The molecule has 0 aromatic heterocycles. The molecule has 0 aromatic rings. The summed E-state index contributed by atoms with van der Waals surface area (Å²) >= 11 is 2.87. The number of alkyl halides is 1. The number of hydrogen-bond acceptors (Lipinski definition) is 4. The molecular formula is C2H4BrNaO4S. The molecule has 0 unspecified atom stereocenters. The van der Waals surface area contributed by atoms with Crippen molar-refractivity contribution in [3.05, 3.63) is 0 Å². The molecular weight excluding hydrogens is 223 g/mol. The minimum atomic E-state index is -4.47. The van der Waals surface area contributed by atoms with Crippen molar-refractivity contribution in [2.45, 2.75) is 0 Å². The van der Waals surface area contributed by atoms with Gasteiger partial charge in [0.1, 0.15) is 0 Å². The maximum Gasteiger partial charge on any atom is 1.00 e. The molecule has 0 rings (SSSR count). The average molecular weight is 227 g/mol. The summed E-state index contributed by atoms with van der Waals surface area (Å²) in [6.45, 7) is -0.105. The van der Waals surface area contributed by atoms with Crippen molar-refractivity contribution in [1.29, 1.82) is 0 Å². The van der Waals surface area contributed by atoms with Crippen molar-refractivity contribution in [1.82, 2.24) is 0 Å². The Morgan fingerprint density at radius 1 is 1.56 bits per heavy atom. The van der Waals surface area contributed by atoms with E-state index in [9.17, 15) is 13.0 Å². The van der Waals surface area contributed by atoms with Gasteiger partial charge in [-0.1, -0.05) is 15.9 Å². The number of hydrogen-bond donors (Lipinski definition) is 0. The molecule has 0 bridgehead atoms. The number of halogens is 1. The Morgan fingerprint density at radius 3 is 2.11 bits per heavy atom. The van der Waals surface area contributed by atoms with Gasteiger partial charge in [-0.2, -0.15) is 0 Å². The molecule has 0 aliphatic carbocycles. The maximum absolute atomic E-state index is 9.59. The molecule has 0 N–H and O–H groups in total. The van der Waals surface area contributed by atoms with E-state index in [0.717, 1.165) is 0 Å². The Bertz CT molecular complexity index is 143. The van der Waals surface area contributed by atoms with E-state index in [1.165, 1.54) is 0 Å². The largest absolute Gasteiger partial charge is 1.00 e. The molecule has 0 amide bonds. The monoisotopic (exact) mass is 226 g/mol. The third-order valence-corrected chi connectivity index (χ3v) is 1.08. The predicted octanol–water partition coefficient (Wildman–Crippen LogP) is -3.14. The summed E-state index contributed by atoms with van der Waals surface area (Å²) in [4.78, 5) is 0. The van der Waals surface area contributed by atoms with Gasteiger partial charge in [-0.05, 0) is 0 Å². The number of rotatable bonds is 3. The molecule has 0 atom stereocenters. The van der Waals surface area contributed by atoms with Crippen LogP contribution in [0.25, 0.3) is 0 Å². The first kappa shape index (κ1) is 13.0. The first-order valence-corrected chi connectivity index (χ1v) is 4.18. The minimum absolute atomic E-state index is 0. The molecule has 9 heavy (non-hydrogen) atoms. The van der Waals surface area contributed by atoms with E-state index in [1.807, 2.05) is 0 Å². The molecule has 0 fully saturated rings. The van der Waals surface area contributed by atoms with Crippen molar-refractivity contribution < 1.29 is 46.7 Å². The van der Waals surface area contributed by atoms with Crippen LogP contribution in [0.1, 0.15) is 0 Å². The van der Waals surface area contributed by atoms with Crippen molar-refractivity contribution in [2.75, 3.05) is 11.9 Å². The first-order chi connectivity index (χ1) is 3.56. The van der Waals surface area contributed by atoms with Crippen LogP contribution in [0.5, 0.6) is 0 Å². The van der Waals surface area contributed by atoms with Crippen LogP contribution in [0, 0.1) is 0 Å². The molecule has 0 heterocycles. The van der Waals surface area contributed by atoms with Crippen LogP contribution in [0.15, 0.2) is 0 Å². The van der Waals surface area contributed by atoms with Gasteiger partial charge in [0.05, 0.1) is 6.61 Å². The van der Waals surface area contributed by atoms with E-state index in [4.69, 9.17) is 0 Å². The van der Waals surface area contributed by atoms with Gasteiger partial charge in [-0.3, -0.25) is 4.18 Å². The van der Waals surface area contributed by atoms with Gasteiger partial charge < -0.3 is 4.55 Å². The molecule has 50 valence electrons. The first-order valence-electron chi connectivity index (χ1n) is 1.72. The second kappa shape index (κ2) is 6.09. The fourth-order valence-corrected chi connectivity index (χ4v) is 0.797. The molecule has 0 saturated heterocycles. The van der Waals surface area contributed by atoms with Gasteiger partial charge >= 0.3 is 29.6 Å². The molecule has 4 nitrogen and oxygen atoms in total. The molecule has 0 radical (unpaired) electrons. The summed E-state index contributed by atoms with van der Waals surface area (Å²) < 4.78 is 32.5. The van der Waals surface area contributed by atoms with Crippen molar-refractivity contribution in [3.63, 3.8) is 0 Å². The molecule has 0 aliphatic rings. The summed E-state index contributed by atoms with van der Waals surface area (Å²) in [5.74, 6) is 0. The standard InChI is InChI=1S/C2H5BrO4S.Na/c3-1-2-7-8(4,5)6;/h1-2H2,(H,4,5,6);/q;+1/p-1. The van der Waals surface area contributed by atoms with Crippen LogP contribution in [-0.2, 0) is 14.6 Å². The van der Waals surface area contributed by atoms with Crippen LogP contribution in [0.2, 0.25) is 0 Å². The molecule has 0 spiro atoms. The van der Waals surface area contributed by atoms with Crippen molar-refractivity contribution in [3.8, 4) is 0 Å². The zero-order valence-electron chi connectivity index (χ0n) is 4.83. The predicted molar refractivity (Wildman–Crippen MR) is 29.4 cm³/mol. The van der Waals surface area contributed by atoms with Gasteiger partial charge in [-0.25, -0.2) is 8.42 Å². The van der Waals surface area contributed by atoms with E-state index >= 15 is 0 Å². The van der Waals surface area contributed by atoms with E-state index in [-0.39, 0.29) is 36.2 Å². The van der Waals surface area contributed by atoms with Crippen LogP contribution in [0.4, 0.5) is 0 Å². The summed E-state index contributed by atoms with van der Waals surface area (Å²) in [7, 11) is -4.47. The minimum Gasteiger partial charge on any atom is -0.726 e. The average Bonchev–Trinajstić information content (AvgIpc) is 1.59. The van der Waals surface area contributed by atoms with E-state index in [1.54, 1.807) is 0 Å². The fraction of sp³-hybridized carbons (Fsp3) is 1.00. The van der Waals surface area contributed by atoms with Gasteiger partial charge in [-0.15, -0.1) is 0 Å². The fourth-order valence-electron chi connectivity index (χ4n) is 0.134. The van der Waals surface area contributed by atoms with Crippen LogP contribution in [0.3, 0.4) is 0 Å². The second-order valence-corrected chi connectivity index (χ2v) is 2.76. The second-order valence-electron chi connectivity index (χ2n) is 0.919. The summed E-state index contributed by atoms with van der Waals surface area (Å²) in [5.41, 5.74) is 0. The van der Waals surface area contributed by atoms with E-state index in [0.29, 0.717) is 5.33 Å². The van der Waals surface area contributed by atoms with Crippen molar-refractivity contribution in [2.24, 2.45) is 0 Å². The van der Waals surface area contributed by atoms with Crippen molar-refractivity contribution >= 4 is 26.3 Å². The summed E-state index contributed by atoms with van der Waals surface area (Å²) in [5, 5.41) is 0.342. The molecule has 0 aromatic carbocycles. The third kappa shape index (κ3) is 12.5. The van der Waals surface area contributed by atoms with Crippen LogP contribution in [-0.4, -0.2) is 24.9 Å². The van der Waals surface area contributed by atoms with Gasteiger partial charge in [0, 0.05) is 5.33 Å². The van der Waals surface area contributed by atoms with Gasteiger partial charge in [0.15, 0.2) is 0 Å². The Morgan fingerprint density at radius 2 is 2.00 bits per heavy atom. The van der Waals surface area contributed by atoms with E-state index < -0.39 is 10.4 Å². The molecule has 7 heteroatoms. The Hall–Kier alpha value is 1.35. The molecule has 0 saturated carbocycles. The Labute approximate surface area is 84.3 Å². The quantitative estimate of drug-likeness (QED) is 0.221. The van der Waals surface area contributed by atoms with Crippen LogP contribution < -0.4 is 29.6 Å². The summed E-state index contributed by atoms with van der Waals surface area (Å²) in [6, 6.07) is 0. The topological polar surface area (TPSA) is 66.4 Å². The zero-order valence-corrected chi connectivity index (χ0v) is 9.24. The smallest absolute Gasteiger partial charge is 0.726 e. The van der Waals surface area contributed by atoms with E-state index in [2.05, 4.69) is 20.1 Å². The normalized spacial score (nSPS) is 10.4. The molecule has 0 aliphatic heterocycles. The summed E-state index contributed by atoms with van der Waals surface area (Å²) in [6.07, 6.45) is 0. The Balaban J connectivity index is 0. The SMILES string of the molecule is O=S(=O)([O-])OCCBr.[Na+]. The maximum atomic E-state index is 9.59. The zero-order chi connectivity index (χ0) is 6.62. The van der Waals surface area contributed by atoms with Gasteiger partial charge in [0.2, 0.25) is 10.4 Å².